The summed E-state index contributed by atoms with van der Waals surface area (Å²) in [6.45, 7) is 5.22. The van der Waals surface area contributed by atoms with E-state index in [1.165, 1.54) is 6.92 Å². The first kappa shape index (κ1) is 19.6. The molecule has 8 nitrogen and oxygen atoms in total. The number of esters is 1. The molecule has 2 aromatic heterocycles. The van der Waals surface area contributed by atoms with E-state index in [-0.39, 0.29) is 25.0 Å². The molecule has 0 aliphatic carbocycles. The average molecular weight is 400 g/mol. The summed E-state index contributed by atoms with van der Waals surface area (Å²) in [6.07, 6.45) is 1.78. The summed E-state index contributed by atoms with van der Waals surface area (Å²) in [5, 5.41) is 6.69. The molecular weight excluding hydrogens is 380 g/mol. The Labute approximate surface area is 165 Å². The topological polar surface area (TPSA) is 102 Å². The molecule has 0 radical (unpaired) electrons. The molecule has 2 heterocycles. The van der Waals surface area contributed by atoms with Crippen LogP contribution in [-0.2, 0) is 20.9 Å². The van der Waals surface area contributed by atoms with Gasteiger partial charge in [0.1, 0.15) is 11.4 Å². The molecule has 1 aromatic carbocycles. The maximum absolute atomic E-state index is 12.5. The van der Waals surface area contributed by atoms with Crippen LogP contribution in [0.4, 0.5) is 10.8 Å². The number of thiazole rings is 1. The smallest absolute Gasteiger partial charge is 0.350 e. The standard InChI is InChI=1S/C19H20N4O4S/c1-4-27-18(26)17-11(2)20-19(28-17)22-16(25)10-23-9-8-13-14(21-12(3)24)6-5-7-15(13)23/h5-9H,4,10H2,1-3H3,(H,21,24)(H,20,22,25). The van der Waals surface area contributed by atoms with Crippen LogP contribution >= 0.6 is 11.3 Å². The van der Waals surface area contributed by atoms with Gasteiger partial charge in [0.15, 0.2) is 5.13 Å². The van der Waals surface area contributed by atoms with Crippen LogP contribution in [0.3, 0.4) is 0 Å². The molecule has 0 aliphatic rings. The lowest BCUT2D eigenvalue weighted by molar-refractivity contribution is -0.116. The normalized spacial score (nSPS) is 10.7. The summed E-state index contributed by atoms with van der Waals surface area (Å²) in [7, 11) is 0. The lowest BCUT2D eigenvalue weighted by atomic mass is 10.2. The molecule has 3 aromatic rings. The third kappa shape index (κ3) is 4.20. The summed E-state index contributed by atoms with van der Waals surface area (Å²) in [6, 6.07) is 7.35. The van der Waals surface area contributed by atoms with Crippen molar-refractivity contribution in [3.8, 4) is 0 Å². The second kappa shape index (κ2) is 8.22. The summed E-state index contributed by atoms with van der Waals surface area (Å²) in [5.74, 6) is -0.874. The number of fused-ring (bicyclic) bond motifs is 1. The molecule has 0 bridgehead atoms. The largest absolute Gasteiger partial charge is 0.462 e. The van der Waals surface area contributed by atoms with Crippen LogP contribution in [0.15, 0.2) is 30.5 Å². The van der Waals surface area contributed by atoms with Gasteiger partial charge in [-0.1, -0.05) is 17.4 Å². The summed E-state index contributed by atoms with van der Waals surface area (Å²) >= 11 is 1.09. The van der Waals surface area contributed by atoms with Crippen molar-refractivity contribution >= 4 is 50.8 Å². The Morgan fingerprint density at radius 2 is 2.00 bits per heavy atom. The average Bonchev–Trinajstić information content (AvgIpc) is 3.19. The van der Waals surface area contributed by atoms with Crippen LogP contribution in [0.2, 0.25) is 0 Å². The minimum Gasteiger partial charge on any atom is -0.462 e. The summed E-state index contributed by atoms with van der Waals surface area (Å²) in [5.41, 5.74) is 2.04. The number of hydrogen-bond donors (Lipinski definition) is 2. The van der Waals surface area contributed by atoms with E-state index in [2.05, 4.69) is 15.6 Å². The van der Waals surface area contributed by atoms with Gasteiger partial charge in [0.05, 0.1) is 23.5 Å². The van der Waals surface area contributed by atoms with E-state index in [1.54, 1.807) is 24.6 Å². The third-order valence-electron chi connectivity index (χ3n) is 3.94. The number of benzene rings is 1. The molecule has 2 amide bonds. The van der Waals surface area contributed by atoms with Gasteiger partial charge in [-0.05, 0) is 32.0 Å². The third-order valence-corrected chi connectivity index (χ3v) is 5.00. The number of anilines is 2. The van der Waals surface area contributed by atoms with Crippen LogP contribution in [0.5, 0.6) is 0 Å². The van der Waals surface area contributed by atoms with Crippen LogP contribution in [0.25, 0.3) is 10.9 Å². The van der Waals surface area contributed by atoms with Crippen molar-refractivity contribution in [3.63, 3.8) is 0 Å². The number of hydrogen-bond acceptors (Lipinski definition) is 6. The number of amides is 2. The Morgan fingerprint density at radius 3 is 2.71 bits per heavy atom. The van der Waals surface area contributed by atoms with E-state index >= 15 is 0 Å². The zero-order valence-corrected chi connectivity index (χ0v) is 16.6. The van der Waals surface area contributed by atoms with Crippen molar-refractivity contribution in [2.24, 2.45) is 0 Å². The first-order chi connectivity index (χ1) is 13.4. The number of nitrogens with zero attached hydrogens (tertiary/aromatic N) is 2. The van der Waals surface area contributed by atoms with Crippen LogP contribution in [0.1, 0.15) is 29.2 Å². The van der Waals surface area contributed by atoms with E-state index < -0.39 is 5.97 Å². The van der Waals surface area contributed by atoms with Crippen molar-refractivity contribution in [1.29, 1.82) is 0 Å². The number of aryl methyl sites for hydroxylation is 1. The first-order valence-electron chi connectivity index (χ1n) is 8.69. The Balaban J connectivity index is 1.74. The molecule has 0 atom stereocenters. The highest BCUT2D eigenvalue weighted by molar-refractivity contribution is 7.17. The number of carbonyl (C=O) groups is 3. The predicted molar refractivity (Wildman–Crippen MR) is 108 cm³/mol. The fourth-order valence-corrected chi connectivity index (χ4v) is 3.69. The van der Waals surface area contributed by atoms with E-state index in [0.717, 1.165) is 22.2 Å². The van der Waals surface area contributed by atoms with Crippen molar-refractivity contribution < 1.29 is 19.1 Å². The predicted octanol–water partition coefficient (Wildman–Crippen LogP) is 3.18. The van der Waals surface area contributed by atoms with Crippen LogP contribution in [0, 0.1) is 6.92 Å². The van der Waals surface area contributed by atoms with Crippen molar-refractivity contribution in [2.75, 3.05) is 17.2 Å². The van der Waals surface area contributed by atoms with Gasteiger partial charge in [-0.2, -0.15) is 0 Å². The number of rotatable bonds is 6. The summed E-state index contributed by atoms with van der Waals surface area (Å²) in [4.78, 5) is 40.3. The molecule has 0 unspecified atom stereocenters. The Hall–Kier alpha value is -3.20. The highest BCUT2D eigenvalue weighted by Crippen LogP contribution is 2.26. The quantitative estimate of drug-likeness (QED) is 0.619. The van der Waals surface area contributed by atoms with Gasteiger partial charge in [-0.25, -0.2) is 9.78 Å². The second-order valence-corrected chi connectivity index (χ2v) is 7.06. The van der Waals surface area contributed by atoms with Crippen LogP contribution in [-0.4, -0.2) is 33.9 Å². The molecule has 28 heavy (non-hydrogen) atoms. The first-order valence-corrected chi connectivity index (χ1v) is 9.50. The summed E-state index contributed by atoms with van der Waals surface area (Å²) < 4.78 is 6.76. The molecular formula is C19H20N4O4S. The Bertz CT molecular complexity index is 1050. The zero-order valence-electron chi connectivity index (χ0n) is 15.7. The van der Waals surface area contributed by atoms with E-state index in [4.69, 9.17) is 4.74 Å². The molecule has 146 valence electrons. The molecule has 3 rings (SSSR count). The SMILES string of the molecule is CCOC(=O)c1sc(NC(=O)Cn2ccc3c(NC(C)=O)cccc32)nc1C. The highest BCUT2D eigenvalue weighted by Gasteiger charge is 2.18. The van der Waals surface area contributed by atoms with Gasteiger partial charge in [-0.15, -0.1) is 0 Å². The Morgan fingerprint density at radius 1 is 1.21 bits per heavy atom. The number of nitrogens with one attached hydrogen (secondary N) is 2. The molecule has 9 heteroatoms. The van der Waals surface area contributed by atoms with Crippen LogP contribution < -0.4 is 10.6 Å². The fraction of sp³-hybridized carbons (Fsp3) is 0.263. The molecule has 0 saturated heterocycles. The van der Waals surface area contributed by atoms with Crippen molar-refractivity contribution in [3.05, 3.63) is 41.0 Å². The van der Waals surface area contributed by atoms with Gasteiger partial charge in [0.25, 0.3) is 0 Å². The highest BCUT2D eigenvalue weighted by atomic mass is 32.1. The van der Waals surface area contributed by atoms with Gasteiger partial charge in [-0.3, -0.25) is 9.59 Å². The van der Waals surface area contributed by atoms with Gasteiger partial charge in [0.2, 0.25) is 11.8 Å². The van der Waals surface area contributed by atoms with Gasteiger partial charge >= 0.3 is 5.97 Å². The monoisotopic (exact) mass is 400 g/mol. The lowest BCUT2D eigenvalue weighted by Gasteiger charge is -2.07. The fourth-order valence-electron chi connectivity index (χ4n) is 2.81. The minimum atomic E-state index is -0.445. The maximum atomic E-state index is 12.5. The number of aromatic nitrogens is 2. The minimum absolute atomic E-state index is 0.0698. The molecule has 0 aliphatic heterocycles. The molecule has 2 N–H and O–H groups in total. The lowest BCUT2D eigenvalue weighted by Crippen LogP contribution is -2.18. The van der Waals surface area contributed by atoms with E-state index in [0.29, 0.717) is 21.4 Å². The zero-order chi connectivity index (χ0) is 20.3. The van der Waals surface area contributed by atoms with Gasteiger partial charge in [0, 0.05) is 18.5 Å². The van der Waals surface area contributed by atoms with Crippen molar-refractivity contribution in [2.45, 2.75) is 27.3 Å². The molecule has 0 saturated carbocycles. The number of ether oxygens (including phenoxy) is 1. The maximum Gasteiger partial charge on any atom is 0.350 e. The second-order valence-electron chi connectivity index (χ2n) is 6.07. The Kier molecular flexibility index (Phi) is 5.74. The van der Waals surface area contributed by atoms with E-state index in [9.17, 15) is 14.4 Å². The number of carbonyl (C=O) groups excluding carboxylic acids is 3. The molecule has 0 spiro atoms. The van der Waals surface area contributed by atoms with Gasteiger partial charge < -0.3 is 19.9 Å². The van der Waals surface area contributed by atoms with E-state index in [1.807, 2.05) is 24.3 Å². The molecule has 0 fully saturated rings. The van der Waals surface area contributed by atoms with Crippen molar-refractivity contribution in [1.82, 2.24) is 9.55 Å².